The van der Waals surface area contributed by atoms with Crippen LogP contribution >= 0.6 is 12.2 Å². The highest BCUT2D eigenvalue weighted by Crippen LogP contribution is 2.65. The monoisotopic (exact) mass is 311 g/mol. The molecule has 0 radical (unpaired) electrons. The van der Waals surface area contributed by atoms with Crippen LogP contribution in [0.4, 0.5) is 0 Å². The number of thiocarbonyl (C=S) groups is 1. The largest absolute Gasteiger partial charge is 0.465 e. The molecule has 21 heavy (non-hydrogen) atoms. The number of amides is 1. The Balaban J connectivity index is 1.91. The first kappa shape index (κ1) is 15.2. The molecule has 4 atom stereocenters. The lowest BCUT2D eigenvalue weighted by Gasteiger charge is -2.42. The van der Waals surface area contributed by atoms with Gasteiger partial charge in [0.2, 0.25) is 5.91 Å². The molecule has 1 saturated heterocycles. The number of hydrogen-bond donors (Lipinski definition) is 1. The summed E-state index contributed by atoms with van der Waals surface area (Å²) in [4.78, 5) is 14.5. The van der Waals surface area contributed by atoms with E-state index in [2.05, 4.69) is 13.8 Å². The van der Waals surface area contributed by atoms with Crippen molar-refractivity contribution in [2.75, 3.05) is 0 Å². The van der Waals surface area contributed by atoms with Gasteiger partial charge in [-0.05, 0) is 48.7 Å². The molecule has 2 bridgehead atoms. The summed E-state index contributed by atoms with van der Waals surface area (Å²) in [6.45, 7) is 8.31. The molecule has 118 valence electrons. The fraction of sp³-hybridized carbons (Fsp3) is 0.875. The number of carbonyl (C=O) groups is 1. The first-order valence-corrected chi connectivity index (χ1v) is 8.34. The maximum absolute atomic E-state index is 12.8. The molecule has 2 saturated carbocycles. The van der Waals surface area contributed by atoms with E-state index in [9.17, 15) is 9.90 Å². The highest BCUT2D eigenvalue weighted by molar-refractivity contribution is 7.80. The van der Waals surface area contributed by atoms with Crippen molar-refractivity contribution in [1.29, 1.82) is 0 Å². The molecular weight excluding hydrogens is 286 g/mol. The van der Waals surface area contributed by atoms with Crippen molar-refractivity contribution in [3.05, 3.63) is 0 Å². The van der Waals surface area contributed by atoms with E-state index in [1.807, 2.05) is 13.8 Å². The summed E-state index contributed by atoms with van der Waals surface area (Å²) in [7, 11) is 0. The predicted molar refractivity (Wildman–Crippen MR) is 83.6 cm³/mol. The van der Waals surface area contributed by atoms with Gasteiger partial charge >= 0.3 is 0 Å². The average molecular weight is 311 g/mol. The van der Waals surface area contributed by atoms with Crippen LogP contribution in [0.25, 0.3) is 0 Å². The predicted octanol–water partition coefficient (Wildman–Crippen LogP) is 2.48. The van der Waals surface area contributed by atoms with Gasteiger partial charge in [-0.1, -0.05) is 27.7 Å². The zero-order valence-electron chi connectivity index (χ0n) is 13.3. The molecule has 1 N–H and O–H groups in total. The molecule has 0 unspecified atom stereocenters. The van der Waals surface area contributed by atoms with Gasteiger partial charge in [-0.25, -0.2) is 0 Å². The van der Waals surface area contributed by atoms with E-state index in [4.69, 9.17) is 17.0 Å². The molecule has 0 aromatic carbocycles. The Labute approximate surface area is 131 Å². The highest BCUT2D eigenvalue weighted by atomic mass is 32.1. The van der Waals surface area contributed by atoms with E-state index in [0.29, 0.717) is 11.1 Å². The fourth-order valence-corrected chi connectivity index (χ4v) is 5.11. The van der Waals surface area contributed by atoms with Crippen molar-refractivity contribution in [2.24, 2.45) is 17.3 Å². The molecule has 1 heterocycles. The van der Waals surface area contributed by atoms with E-state index in [1.165, 1.54) is 0 Å². The molecule has 5 heteroatoms. The molecule has 4 nitrogen and oxygen atoms in total. The Hall–Kier alpha value is -0.680. The molecule has 2 aliphatic carbocycles. The first-order chi connectivity index (χ1) is 9.71. The summed E-state index contributed by atoms with van der Waals surface area (Å²) < 4.78 is 5.88. The molecule has 1 aliphatic heterocycles. The highest BCUT2D eigenvalue weighted by Gasteiger charge is 2.72. The molecule has 3 fully saturated rings. The van der Waals surface area contributed by atoms with Crippen LogP contribution in [0.2, 0.25) is 0 Å². The Bertz CT molecular complexity index is 490. The number of hydrogen-bond acceptors (Lipinski definition) is 4. The average Bonchev–Trinajstić information content (AvgIpc) is 2.89. The molecule has 3 aliphatic rings. The Morgan fingerprint density at radius 2 is 2.19 bits per heavy atom. The van der Waals surface area contributed by atoms with E-state index in [1.54, 1.807) is 4.90 Å². The minimum atomic E-state index is -0.627. The van der Waals surface area contributed by atoms with Gasteiger partial charge in [0, 0.05) is 0 Å². The van der Waals surface area contributed by atoms with Crippen LogP contribution in [0.15, 0.2) is 0 Å². The molecule has 1 amide bonds. The lowest BCUT2D eigenvalue weighted by molar-refractivity contribution is -0.136. The first-order valence-electron chi connectivity index (χ1n) is 7.93. The molecule has 0 aromatic rings. The SMILES string of the molecule is CC(C)[C@H](O)CC(=O)N1C(=S)O[C@@H]2C[C@H]3CC[C@@]21C3(C)C. The van der Waals surface area contributed by atoms with E-state index in [-0.39, 0.29) is 35.3 Å². The van der Waals surface area contributed by atoms with Crippen LogP contribution in [-0.2, 0) is 9.53 Å². The lowest BCUT2D eigenvalue weighted by atomic mass is 9.74. The van der Waals surface area contributed by atoms with Gasteiger partial charge in [0.15, 0.2) is 0 Å². The summed E-state index contributed by atoms with van der Waals surface area (Å²) in [6.07, 6.45) is 2.61. The minimum Gasteiger partial charge on any atom is -0.465 e. The van der Waals surface area contributed by atoms with Crippen LogP contribution in [0.5, 0.6) is 0 Å². The molecule has 1 spiro atoms. The molecule has 0 aromatic heterocycles. The van der Waals surface area contributed by atoms with Crippen molar-refractivity contribution in [2.45, 2.75) is 71.1 Å². The lowest BCUT2D eigenvalue weighted by Crippen LogP contribution is -2.57. The second kappa shape index (κ2) is 4.66. The van der Waals surface area contributed by atoms with Crippen LogP contribution in [-0.4, -0.2) is 38.8 Å². The fourth-order valence-electron chi connectivity index (χ4n) is 4.73. The number of fused-ring (bicyclic) bond motifs is 1. The summed E-state index contributed by atoms with van der Waals surface area (Å²) in [5.41, 5.74) is -0.265. The maximum atomic E-state index is 12.8. The third-order valence-electron chi connectivity index (χ3n) is 6.27. The van der Waals surface area contributed by atoms with Gasteiger partial charge < -0.3 is 9.84 Å². The van der Waals surface area contributed by atoms with E-state index >= 15 is 0 Å². The van der Waals surface area contributed by atoms with Gasteiger partial charge in [-0.2, -0.15) is 0 Å². The molecular formula is C16H25NO3S. The Morgan fingerprint density at radius 3 is 2.76 bits per heavy atom. The summed E-state index contributed by atoms with van der Waals surface area (Å²) in [5, 5.41) is 10.4. The van der Waals surface area contributed by atoms with Gasteiger partial charge in [0.25, 0.3) is 5.17 Å². The number of rotatable bonds is 3. The smallest absolute Gasteiger partial charge is 0.267 e. The quantitative estimate of drug-likeness (QED) is 0.814. The third-order valence-corrected chi connectivity index (χ3v) is 6.55. The maximum Gasteiger partial charge on any atom is 0.267 e. The molecule has 3 rings (SSSR count). The summed E-state index contributed by atoms with van der Waals surface area (Å²) >= 11 is 5.35. The number of nitrogens with zero attached hydrogens (tertiary/aromatic N) is 1. The van der Waals surface area contributed by atoms with Gasteiger partial charge in [0.1, 0.15) is 6.10 Å². The number of aliphatic hydroxyl groups excluding tert-OH is 1. The Kier molecular flexibility index (Phi) is 3.38. The van der Waals surface area contributed by atoms with Crippen molar-refractivity contribution in [1.82, 2.24) is 4.90 Å². The third kappa shape index (κ3) is 1.83. The zero-order chi connectivity index (χ0) is 15.6. The normalized spacial score (nSPS) is 37.8. The van der Waals surface area contributed by atoms with Crippen molar-refractivity contribution in [3.63, 3.8) is 0 Å². The van der Waals surface area contributed by atoms with Gasteiger partial charge in [0.05, 0.1) is 18.1 Å². The van der Waals surface area contributed by atoms with Gasteiger partial charge in [-0.15, -0.1) is 0 Å². The van der Waals surface area contributed by atoms with Gasteiger partial charge in [-0.3, -0.25) is 9.69 Å². The van der Waals surface area contributed by atoms with E-state index < -0.39 is 6.10 Å². The van der Waals surface area contributed by atoms with Crippen LogP contribution in [0.1, 0.15) is 53.4 Å². The summed E-state index contributed by atoms with van der Waals surface area (Å²) in [5.74, 6) is 0.572. The second-order valence-corrected chi connectivity index (χ2v) is 8.08. The van der Waals surface area contributed by atoms with Crippen molar-refractivity contribution < 1.29 is 14.6 Å². The van der Waals surface area contributed by atoms with Crippen LogP contribution in [0.3, 0.4) is 0 Å². The minimum absolute atomic E-state index is 0.0245. The summed E-state index contributed by atoms with van der Waals surface area (Å²) in [6, 6.07) is 0. The standard InChI is InChI=1S/C16H25NO3S/c1-9(2)11(18)8-13(19)17-14(21)20-12-7-10-5-6-16(12,17)15(10,3)4/h9-12,18H,5-8H2,1-4H3/t10-,11-,12-,16+/m1/s1. The second-order valence-electron chi connectivity index (χ2n) is 7.73. The van der Waals surface area contributed by atoms with Crippen LogP contribution in [0, 0.1) is 17.3 Å². The van der Waals surface area contributed by atoms with Crippen molar-refractivity contribution in [3.8, 4) is 0 Å². The topological polar surface area (TPSA) is 49.8 Å². The number of ether oxygens (including phenoxy) is 1. The Morgan fingerprint density at radius 1 is 1.52 bits per heavy atom. The van der Waals surface area contributed by atoms with Crippen molar-refractivity contribution >= 4 is 23.3 Å². The number of carbonyl (C=O) groups excluding carboxylic acids is 1. The zero-order valence-corrected chi connectivity index (χ0v) is 14.1. The van der Waals surface area contributed by atoms with Crippen LogP contribution < -0.4 is 0 Å². The number of aliphatic hydroxyl groups is 1. The van der Waals surface area contributed by atoms with E-state index in [0.717, 1.165) is 19.3 Å².